The second-order valence-electron chi connectivity index (χ2n) is 10.9. The lowest BCUT2D eigenvalue weighted by Gasteiger charge is -2.09. The van der Waals surface area contributed by atoms with Gasteiger partial charge >= 0.3 is 0 Å². The zero-order chi connectivity index (χ0) is 29.0. The summed E-state index contributed by atoms with van der Waals surface area (Å²) < 4.78 is 7.40. The standard InChI is InChI=1S/C39H23N3OS/c1-3-11-29-24(8-1)10-7-13-30(29)25-16-18-26(19-17-25)37-40-38(42-39(41-37)36-23-27-9-2-6-15-35(27)44-36)28-20-21-32-31-12-4-5-14-33(31)43-34(32)22-28/h1-23H. The van der Waals surface area contributed by atoms with Gasteiger partial charge in [0.2, 0.25) is 0 Å². The molecule has 0 radical (unpaired) electrons. The second-order valence-corrected chi connectivity index (χ2v) is 12.0. The monoisotopic (exact) mass is 581 g/mol. The number of para-hydroxylation sites is 1. The Kier molecular flexibility index (Phi) is 5.64. The Bertz CT molecular complexity index is 2470. The molecule has 6 aromatic carbocycles. The maximum Gasteiger partial charge on any atom is 0.174 e. The molecular formula is C39H23N3OS. The second kappa shape index (κ2) is 9.97. The van der Waals surface area contributed by atoms with E-state index in [9.17, 15) is 0 Å². The number of benzene rings is 6. The van der Waals surface area contributed by atoms with Crippen molar-refractivity contribution in [1.29, 1.82) is 0 Å². The number of furan rings is 1. The molecule has 5 heteroatoms. The number of fused-ring (bicyclic) bond motifs is 5. The maximum absolute atomic E-state index is 6.20. The smallest absolute Gasteiger partial charge is 0.174 e. The van der Waals surface area contributed by atoms with Crippen LogP contribution in [0, 0.1) is 0 Å². The van der Waals surface area contributed by atoms with Gasteiger partial charge in [-0.25, -0.2) is 15.0 Å². The third kappa shape index (κ3) is 4.17. The molecule has 3 aromatic heterocycles. The van der Waals surface area contributed by atoms with Gasteiger partial charge in [-0.15, -0.1) is 11.3 Å². The van der Waals surface area contributed by atoms with Gasteiger partial charge in [0.05, 0.1) is 4.88 Å². The van der Waals surface area contributed by atoms with Gasteiger partial charge in [0, 0.05) is 26.6 Å². The van der Waals surface area contributed by atoms with E-state index in [1.165, 1.54) is 26.4 Å². The molecule has 9 rings (SSSR count). The van der Waals surface area contributed by atoms with E-state index in [1.807, 2.05) is 24.3 Å². The van der Waals surface area contributed by atoms with Gasteiger partial charge in [-0.05, 0) is 57.6 Å². The SMILES string of the molecule is c1ccc2sc(-c3nc(-c4ccc(-c5cccc6ccccc56)cc4)nc(-c4ccc5c(c4)oc4ccccc45)n3)cc2c1. The fourth-order valence-corrected chi connectivity index (χ4v) is 6.97. The van der Waals surface area contributed by atoms with Crippen LogP contribution in [0.2, 0.25) is 0 Å². The number of hydrogen-bond donors (Lipinski definition) is 0. The molecule has 206 valence electrons. The number of aromatic nitrogens is 3. The van der Waals surface area contributed by atoms with Crippen LogP contribution in [0.3, 0.4) is 0 Å². The lowest BCUT2D eigenvalue weighted by molar-refractivity contribution is 0.669. The Hall–Kier alpha value is -5.65. The molecule has 0 aliphatic rings. The summed E-state index contributed by atoms with van der Waals surface area (Å²) in [4.78, 5) is 16.0. The lowest BCUT2D eigenvalue weighted by Crippen LogP contribution is -1.99. The highest BCUT2D eigenvalue weighted by atomic mass is 32.1. The van der Waals surface area contributed by atoms with Crippen molar-refractivity contribution in [2.75, 3.05) is 0 Å². The van der Waals surface area contributed by atoms with E-state index >= 15 is 0 Å². The highest BCUT2D eigenvalue weighted by Gasteiger charge is 2.16. The summed E-state index contributed by atoms with van der Waals surface area (Å²) in [5.41, 5.74) is 5.86. The molecule has 0 unspecified atom stereocenters. The highest BCUT2D eigenvalue weighted by molar-refractivity contribution is 7.22. The fraction of sp³-hybridized carbons (Fsp3) is 0. The van der Waals surface area contributed by atoms with Crippen LogP contribution >= 0.6 is 11.3 Å². The fourth-order valence-electron chi connectivity index (χ4n) is 5.98. The van der Waals surface area contributed by atoms with Crippen LogP contribution in [0.5, 0.6) is 0 Å². The molecule has 0 fully saturated rings. The van der Waals surface area contributed by atoms with Gasteiger partial charge in [0.25, 0.3) is 0 Å². The molecule has 0 saturated carbocycles. The number of rotatable bonds is 4. The first-order chi connectivity index (χ1) is 21.8. The average Bonchev–Trinajstić information content (AvgIpc) is 3.69. The summed E-state index contributed by atoms with van der Waals surface area (Å²) >= 11 is 1.69. The molecule has 0 atom stereocenters. The van der Waals surface area contributed by atoms with E-state index in [0.29, 0.717) is 17.5 Å². The van der Waals surface area contributed by atoms with Crippen molar-refractivity contribution < 1.29 is 4.42 Å². The first-order valence-corrected chi connectivity index (χ1v) is 15.3. The molecule has 0 aliphatic heterocycles. The van der Waals surface area contributed by atoms with Crippen molar-refractivity contribution in [2.45, 2.75) is 0 Å². The highest BCUT2D eigenvalue weighted by Crippen LogP contribution is 2.36. The van der Waals surface area contributed by atoms with Crippen molar-refractivity contribution in [3.8, 4) is 44.6 Å². The minimum Gasteiger partial charge on any atom is -0.456 e. The van der Waals surface area contributed by atoms with Crippen molar-refractivity contribution in [2.24, 2.45) is 0 Å². The molecule has 0 aliphatic carbocycles. The van der Waals surface area contributed by atoms with Crippen molar-refractivity contribution in [3.05, 3.63) is 140 Å². The Morgan fingerprint density at radius 2 is 1.07 bits per heavy atom. The summed E-state index contributed by atoms with van der Waals surface area (Å²) in [6.45, 7) is 0. The molecule has 0 amide bonds. The van der Waals surface area contributed by atoms with Crippen molar-refractivity contribution in [1.82, 2.24) is 15.0 Å². The van der Waals surface area contributed by atoms with E-state index < -0.39 is 0 Å². The minimum atomic E-state index is 0.614. The zero-order valence-corrected chi connectivity index (χ0v) is 24.3. The minimum absolute atomic E-state index is 0.614. The van der Waals surface area contributed by atoms with Crippen LogP contribution in [-0.4, -0.2) is 15.0 Å². The van der Waals surface area contributed by atoms with Crippen LogP contribution in [0.1, 0.15) is 0 Å². The summed E-state index contributed by atoms with van der Waals surface area (Å²) in [6.07, 6.45) is 0. The third-order valence-electron chi connectivity index (χ3n) is 8.16. The molecular weight excluding hydrogens is 559 g/mol. The van der Waals surface area contributed by atoms with Crippen LogP contribution in [0.4, 0.5) is 0 Å². The van der Waals surface area contributed by atoms with Crippen LogP contribution in [0.15, 0.2) is 144 Å². The summed E-state index contributed by atoms with van der Waals surface area (Å²) in [6, 6.07) is 48.3. The van der Waals surface area contributed by atoms with Gasteiger partial charge in [-0.2, -0.15) is 0 Å². The van der Waals surface area contributed by atoms with Crippen LogP contribution < -0.4 is 0 Å². The normalized spacial score (nSPS) is 11.6. The van der Waals surface area contributed by atoms with Gasteiger partial charge in [0.1, 0.15) is 11.2 Å². The lowest BCUT2D eigenvalue weighted by atomic mass is 9.97. The van der Waals surface area contributed by atoms with E-state index in [2.05, 4.69) is 115 Å². The largest absolute Gasteiger partial charge is 0.456 e. The zero-order valence-electron chi connectivity index (χ0n) is 23.4. The third-order valence-corrected chi connectivity index (χ3v) is 9.27. The van der Waals surface area contributed by atoms with Gasteiger partial charge < -0.3 is 4.42 Å². The Labute approximate surface area is 256 Å². The van der Waals surface area contributed by atoms with Gasteiger partial charge in [-0.1, -0.05) is 109 Å². The molecule has 0 N–H and O–H groups in total. The summed E-state index contributed by atoms with van der Waals surface area (Å²) in [5, 5.41) is 5.82. The summed E-state index contributed by atoms with van der Waals surface area (Å²) in [5.74, 6) is 1.91. The number of nitrogens with zero attached hydrogens (tertiary/aromatic N) is 3. The number of thiophene rings is 1. The maximum atomic E-state index is 6.20. The molecule has 44 heavy (non-hydrogen) atoms. The average molecular weight is 582 g/mol. The van der Waals surface area contributed by atoms with Crippen LogP contribution in [0.25, 0.3) is 87.4 Å². The topological polar surface area (TPSA) is 51.8 Å². The predicted molar refractivity (Wildman–Crippen MR) is 182 cm³/mol. The Balaban J connectivity index is 1.19. The summed E-state index contributed by atoms with van der Waals surface area (Å²) in [7, 11) is 0. The molecule has 4 nitrogen and oxygen atoms in total. The first-order valence-electron chi connectivity index (χ1n) is 14.5. The van der Waals surface area contributed by atoms with Crippen molar-refractivity contribution >= 4 is 54.1 Å². The van der Waals surface area contributed by atoms with Crippen molar-refractivity contribution in [3.63, 3.8) is 0 Å². The molecule has 0 saturated heterocycles. The predicted octanol–water partition coefficient (Wildman–Crippen LogP) is 10.8. The molecule has 9 aromatic rings. The van der Waals surface area contributed by atoms with Crippen LogP contribution in [-0.2, 0) is 0 Å². The van der Waals surface area contributed by atoms with E-state index in [1.54, 1.807) is 11.3 Å². The molecule has 0 spiro atoms. The van der Waals surface area contributed by atoms with E-state index in [4.69, 9.17) is 19.4 Å². The Morgan fingerprint density at radius 3 is 1.93 bits per heavy atom. The van der Waals surface area contributed by atoms with E-state index in [0.717, 1.165) is 43.5 Å². The quantitative estimate of drug-likeness (QED) is 0.207. The Morgan fingerprint density at radius 1 is 0.432 bits per heavy atom. The first kappa shape index (κ1) is 24.9. The molecule has 0 bridgehead atoms. The van der Waals surface area contributed by atoms with E-state index in [-0.39, 0.29) is 0 Å². The number of hydrogen-bond acceptors (Lipinski definition) is 5. The molecule has 3 heterocycles. The van der Waals surface area contributed by atoms with Gasteiger partial charge in [0.15, 0.2) is 17.5 Å². The van der Waals surface area contributed by atoms with Gasteiger partial charge in [-0.3, -0.25) is 0 Å².